The lowest BCUT2D eigenvalue weighted by Gasteiger charge is -2.11. The van der Waals surface area contributed by atoms with Crippen LogP contribution >= 0.6 is 23.8 Å². The van der Waals surface area contributed by atoms with Crippen molar-refractivity contribution in [2.45, 2.75) is 11.8 Å². The zero-order valence-electron chi connectivity index (χ0n) is 11.0. The van der Waals surface area contributed by atoms with Gasteiger partial charge in [-0.25, -0.2) is 13.4 Å². The first-order chi connectivity index (χ1) is 9.79. The van der Waals surface area contributed by atoms with Crippen molar-refractivity contribution in [3.63, 3.8) is 0 Å². The molecule has 0 aliphatic carbocycles. The maximum Gasteiger partial charge on any atom is 0.263 e. The largest absolute Gasteiger partial charge is 0.389 e. The van der Waals surface area contributed by atoms with E-state index in [0.717, 1.165) is 0 Å². The number of rotatable bonds is 4. The molecular formula is C13H12ClN3O2S2. The van der Waals surface area contributed by atoms with Gasteiger partial charge >= 0.3 is 0 Å². The van der Waals surface area contributed by atoms with Crippen molar-refractivity contribution >= 4 is 44.6 Å². The first-order valence-electron chi connectivity index (χ1n) is 5.84. The van der Waals surface area contributed by atoms with E-state index in [1.807, 2.05) is 0 Å². The fourth-order valence-corrected chi connectivity index (χ4v) is 3.21. The molecule has 0 aliphatic rings. The molecule has 0 amide bonds. The van der Waals surface area contributed by atoms with Crippen LogP contribution in [0.15, 0.2) is 41.4 Å². The highest BCUT2D eigenvalue weighted by Crippen LogP contribution is 2.20. The molecule has 0 bridgehead atoms. The van der Waals surface area contributed by atoms with Gasteiger partial charge in [-0.3, -0.25) is 4.72 Å². The quantitative estimate of drug-likeness (QED) is 0.834. The molecule has 0 atom stereocenters. The minimum absolute atomic E-state index is 0.138. The SMILES string of the molecule is Cc1cc(C(N)=S)ccc1S(=O)(=O)Nc1ccc(Cl)cn1. The number of benzene rings is 1. The third-order valence-corrected chi connectivity index (χ3v) is 4.69. The van der Waals surface area contributed by atoms with Crippen molar-refractivity contribution < 1.29 is 8.42 Å². The van der Waals surface area contributed by atoms with Crippen molar-refractivity contribution in [1.29, 1.82) is 0 Å². The van der Waals surface area contributed by atoms with Crippen LogP contribution in [-0.4, -0.2) is 18.4 Å². The third kappa shape index (κ3) is 3.69. The molecule has 1 aromatic carbocycles. The lowest BCUT2D eigenvalue weighted by Crippen LogP contribution is -2.16. The normalized spacial score (nSPS) is 11.1. The molecule has 1 aromatic heterocycles. The van der Waals surface area contributed by atoms with Crippen LogP contribution in [0.2, 0.25) is 5.02 Å². The van der Waals surface area contributed by atoms with Gasteiger partial charge in [0, 0.05) is 11.8 Å². The highest BCUT2D eigenvalue weighted by Gasteiger charge is 2.18. The minimum Gasteiger partial charge on any atom is -0.389 e. The molecule has 3 N–H and O–H groups in total. The highest BCUT2D eigenvalue weighted by atomic mass is 35.5. The van der Waals surface area contributed by atoms with E-state index in [1.54, 1.807) is 25.1 Å². The summed E-state index contributed by atoms with van der Waals surface area (Å²) in [6, 6.07) is 7.70. The van der Waals surface area contributed by atoms with E-state index in [-0.39, 0.29) is 15.7 Å². The van der Waals surface area contributed by atoms with Crippen LogP contribution in [0.3, 0.4) is 0 Å². The van der Waals surface area contributed by atoms with E-state index in [4.69, 9.17) is 29.6 Å². The molecule has 21 heavy (non-hydrogen) atoms. The fraction of sp³-hybridized carbons (Fsp3) is 0.0769. The second kappa shape index (κ2) is 5.97. The van der Waals surface area contributed by atoms with E-state index < -0.39 is 10.0 Å². The fourth-order valence-electron chi connectivity index (χ4n) is 1.73. The summed E-state index contributed by atoms with van der Waals surface area (Å²) in [5.74, 6) is 0.192. The third-order valence-electron chi connectivity index (χ3n) is 2.72. The van der Waals surface area contributed by atoms with Gasteiger partial charge in [-0.15, -0.1) is 0 Å². The number of nitrogens with zero attached hydrogens (tertiary/aromatic N) is 1. The molecule has 0 spiro atoms. The van der Waals surface area contributed by atoms with E-state index in [9.17, 15) is 8.42 Å². The highest BCUT2D eigenvalue weighted by molar-refractivity contribution is 7.92. The van der Waals surface area contributed by atoms with Gasteiger partial charge in [0.15, 0.2) is 0 Å². The van der Waals surface area contributed by atoms with Crippen LogP contribution in [0, 0.1) is 6.92 Å². The first kappa shape index (κ1) is 15.7. The van der Waals surface area contributed by atoms with Gasteiger partial charge in [-0.2, -0.15) is 0 Å². The molecule has 0 saturated carbocycles. The van der Waals surface area contributed by atoms with Gasteiger partial charge in [-0.1, -0.05) is 29.9 Å². The lowest BCUT2D eigenvalue weighted by molar-refractivity contribution is 0.600. The number of halogens is 1. The Morgan fingerprint density at radius 1 is 1.33 bits per heavy atom. The number of sulfonamides is 1. The summed E-state index contributed by atoms with van der Waals surface area (Å²) in [5, 5.41) is 0.426. The number of aryl methyl sites for hydroxylation is 1. The van der Waals surface area contributed by atoms with E-state index in [1.165, 1.54) is 18.3 Å². The Kier molecular flexibility index (Phi) is 4.46. The lowest BCUT2D eigenvalue weighted by atomic mass is 10.1. The Morgan fingerprint density at radius 2 is 2.05 bits per heavy atom. The zero-order chi connectivity index (χ0) is 15.6. The molecule has 0 fully saturated rings. The molecule has 110 valence electrons. The van der Waals surface area contributed by atoms with Gasteiger partial charge in [0.05, 0.1) is 9.92 Å². The number of anilines is 1. The van der Waals surface area contributed by atoms with E-state index in [0.29, 0.717) is 16.1 Å². The molecule has 0 radical (unpaired) electrons. The van der Waals surface area contributed by atoms with Crippen molar-refractivity contribution in [3.05, 3.63) is 52.7 Å². The van der Waals surface area contributed by atoms with Crippen molar-refractivity contribution in [3.8, 4) is 0 Å². The Balaban J connectivity index is 2.35. The minimum atomic E-state index is -3.74. The molecule has 0 saturated heterocycles. The number of thiocarbonyl (C=S) groups is 1. The van der Waals surface area contributed by atoms with Gasteiger partial charge < -0.3 is 5.73 Å². The summed E-state index contributed by atoms with van der Waals surface area (Å²) in [6.45, 7) is 1.67. The van der Waals surface area contributed by atoms with Crippen LogP contribution in [0.5, 0.6) is 0 Å². The predicted octanol–water partition coefficient (Wildman–Crippen LogP) is 2.48. The standard InChI is InChI=1S/C13H12ClN3O2S2/c1-8-6-9(13(15)20)2-4-11(8)21(18,19)17-12-5-3-10(14)7-16-12/h2-7H,1H3,(H2,15,20)(H,16,17). The average Bonchev–Trinajstić information content (AvgIpc) is 2.40. The Bertz CT molecular complexity index is 790. The molecule has 2 aromatic rings. The van der Waals surface area contributed by atoms with Crippen molar-refractivity contribution in [2.75, 3.05) is 4.72 Å². The maximum atomic E-state index is 12.3. The van der Waals surface area contributed by atoms with E-state index >= 15 is 0 Å². The van der Waals surface area contributed by atoms with Crippen LogP contribution < -0.4 is 10.5 Å². The molecular weight excluding hydrogens is 330 g/mol. The maximum absolute atomic E-state index is 12.3. The molecule has 2 rings (SSSR count). The second-order valence-electron chi connectivity index (χ2n) is 4.31. The number of aromatic nitrogens is 1. The zero-order valence-corrected chi connectivity index (χ0v) is 13.4. The summed E-state index contributed by atoms with van der Waals surface area (Å²) in [4.78, 5) is 4.26. The predicted molar refractivity (Wildman–Crippen MR) is 87.1 cm³/mol. The van der Waals surface area contributed by atoms with Crippen LogP contribution in [-0.2, 0) is 10.0 Å². The van der Waals surface area contributed by atoms with Crippen molar-refractivity contribution in [1.82, 2.24) is 4.98 Å². The summed E-state index contributed by atoms with van der Waals surface area (Å²) >= 11 is 10.6. The topological polar surface area (TPSA) is 85.1 Å². The van der Waals surface area contributed by atoms with Crippen LogP contribution in [0.1, 0.15) is 11.1 Å². The van der Waals surface area contributed by atoms with Gasteiger partial charge in [0.25, 0.3) is 10.0 Å². The van der Waals surface area contributed by atoms with Gasteiger partial charge in [0.1, 0.15) is 10.8 Å². The molecule has 0 unspecified atom stereocenters. The monoisotopic (exact) mass is 341 g/mol. The number of hydrogen-bond acceptors (Lipinski definition) is 4. The number of hydrogen-bond donors (Lipinski definition) is 2. The summed E-state index contributed by atoms with van der Waals surface area (Å²) in [5.41, 5.74) is 6.68. The van der Waals surface area contributed by atoms with E-state index in [2.05, 4.69) is 9.71 Å². The van der Waals surface area contributed by atoms with Gasteiger partial charge in [-0.05, 0) is 36.8 Å². The average molecular weight is 342 g/mol. The van der Waals surface area contributed by atoms with Crippen molar-refractivity contribution in [2.24, 2.45) is 5.73 Å². The van der Waals surface area contributed by atoms with Gasteiger partial charge in [0.2, 0.25) is 0 Å². The van der Waals surface area contributed by atoms with Crippen LogP contribution in [0.4, 0.5) is 5.82 Å². The Hall–Kier alpha value is -1.70. The number of nitrogens with one attached hydrogen (secondary N) is 1. The summed E-state index contributed by atoms with van der Waals surface area (Å²) in [7, 11) is -3.74. The number of nitrogens with two attached hydrogens (primary N) is 1. The smallest absolute Gasteiger partial charge is 0.263 e. The summed E-state index contributed by atoms with van der Waals surface area (Å²) < 4.78 is 27.1. The molecule has 8 heteroatoms. The molecule has 5 nitrogen and oxygen atoms in total. The molecule has 0 aliphatic heterocycles. The summed E-state index contributed by atoms with van der Waals surface area (Å²) in [6.07, 6.45) is 1.36. The Labute approximate surface area is 133 Å². The first-order valence-corrected chi connectivity index (χ1v) is 8.11. The Morgan fingerprint density at radius 3 is 2.57 bits per heavy atom. The second-order valence-corrected chi connectivity index (χ2v) is 6.84. The van der Waals surface area contributed by atoms with Crippen LogP contribution in [0.25, 0.3) is 0 Å². The molecule has 1 heterocycles. The number of pyridine rings is 1.